The molecule has 1 saturated carbocycles. The molecule has 6 heteroatoms. The Morgan fingerprint density at radius 1 is 1.30 bits per heavy atom. The molecule has 1 atom stereocenters. The van der Waals surface area contributed by atoms with Crippen molar-refractivity contribution < 1.29 is 17.9 Å². The van der Waals surface area contributed by atoms with E-state index in [1.54, 1.807) is 0 Å². The van der Waals surface area contributed by atoms with Crippen molar-refractivity contribution >= 4 is 15.8 Å². The minimum atomic E-state index is -3.00. The number of carbonyl (C=O) groups excluding carboxylic acids is 1. The maximum atomic E-state index is 11.9. The van der Waals surface area contributed by atoms with E-state index < -0.39 is 9.84 Å². The fraction of sp³-hybridized carbons (Fsp3) is 0.929. The van der Waals surface area contributed by atoms with Crippen LogP contribution in [0.1, 0.15) is 46.0 Å². The van der Waals surface area contributed by atoms with Crippen LogP contribution in [0.15, 0.2) is 0 Å². The molecule has 0 aromatic rings. The third-order valence-corrected chi connectivity index (χ3v) is 6.03. The Balaban J connectivity index is 1.76. The van der Waals surface area contributed by atoms with E-state index in [2.05, 4.69) is 19.2 Å². The van der Waals surface area contributed by atoms with E-state index in [-0.39, 0.29) is 36.0 Å². The summed E-state index contributed by atoms with van der Waals surface area (Å²) in [6.45, 7) is 4.90. The number of nitrogens with one attached hydrogen (secondary N) is 1. The number of hydrogen-bond acceptors (Lipinski definition) is 5. The fourth-order valence-corrected chi connectivity index (χ4v) is 4.37. The first kappa shape index (κ1) is 15.8. The molecule has 2 fully saturated rings. The van der Waals surface area contributed by atoms with Crippen LogP contribution in [-0.2, 0) is 19.4 Å². The second-order valence-corrected chi connectivity index (χ2v) is 9.05. The van der Waals surface area contributed by atoms with Crippen molar-refractivity contribution in [1.82, 2.24) is 5.32 Å². The Morgan fingerprint density at radius 3 is 2.55 bits per heavy atom. The molecule has 1 unspecified atom stereocenters. The number of carbonyl (C=O) groups is 1. The zero-order valence-electron chi connectivity index (χ0n) is 12.4. The molecule has 20 heavy (non-hydrogen) atoms. The summed E-state index contributed by atoms with van der Waals surface area (Å²) >= 11 is 0. The van der Waals surface area contributed by atoms with E-state index in [0.29, 0.717) is 12.0 Å². The maximum absolute atomic E-state index is 11.9. The molecule has 1 saturated heterocycles. The molecular weight excluding hydrogens is 278 g/mol. The lowest BCUT2D eigenvalue weighted by Gasteiger charge is -2.34. The maximum Gasteiger partial charge on any atom is 0.307 e. The molecule has 0 radical (unpaired) electrons. The number of ether oxygens (including phenoxy) is 1. The van der Waals surface area contributed by atoms with Gasteiger partial charge in [-0.25, -0.2) is 8.42 Å². The molecule has 0 aromatic heterocycles. The highest BCUT2D eigenvalue weighted by atomic mass is 32.2. The number of hydrogen-bond donors (Lipinski definition) is 1. The lowest BCUT2D eigenvalue weighted by molar-refractivity contribution is -0.152. The Morgan fingerprint density at radius 2 is 1.95 bits per heavy atom. The van der Waals surface area contributed by atoms with Gasteiger partial charge in [0.2, 0.25) is 0 Å². The first-order valence-electron chi connectivity index (χ1n) is 7.39. The molecule has 2 aliphatic rings. The van der Waals surface area contributed by atoms with Gasteiger partial charge in [0.05, 0.1) is 17.9 Å². The van der Waals surface area contributed by atoms with Crippen LogP contribution in [-0.4, -0.2) is 44.6 Å². The van der Waals surface area contributed by atoms with Crippen molar-refractivity contribution in [3.63, 3.8) is 0 Å². The quantitative estimate of drug-likeness (QED) is 0.795. The van der Waals surface area contributed by atoms with E-state index in [1.165, 1.54) is 0 Å². The summed E-state index contributed by atoms with van der Waals surface area (Å²) in [7, 11) is -3.00. The van der Waals surface area contributed by atoms with Crippen LogP contribution in [0.4, 0.5) is 0 Å². The van der Waals surface area contributed by atoms with Crippen LogP contribution in [0.3, 0.4) is 0 Å². The summed E-state index contributed by atoms with van der Waals surface area (Å²) in [5.74, 6) is -0.0694. The molecule has 116 valence electrons. The SMILES string of the molecule is CC1(C)CCC(OC(=O)CC2CS(=O)(=O)CCN2)CC1. The Hall–Kier alpha value is -0.620. The zero-order valence-corrected chi connectivity index (χ0v) is 13.2. The van der Waals surface area contributed by atoms with Gasteiger partial charge < -0.3 is 10.1 Å². The highest BCUT2D eigenvalue weighted by molar-refractivity contribution is 7.91. The van der Waals surface area contributed by atoms with Crippen molar-refractivity contribution in [3.05, 3.63) is 0 Å². The topological polar surface area (TPSA) is 72.5 Å². The van der Waals surface area contributed by atoms with E-state index in [1.807, 2.05) is 0 Å². The van der Waals surface area contributed by atoms with Crippen molar-refractivity contribution in [1.29, 1.82) is 0 Å². The van der Waals surface area contributed by atoms with E-state index in [0.717, 1.165) is 25.7 Å². The second kappa shape index (κ2) is 6.02. The fourth-order valence-electron chi connectivity index (χ4n) is 2.92. The van der Waals surface area contributed by atoms with Gasteiger partial charge in [-0.2, -0.15) is 0 Å². The highest BCUT2D eigenvalue weighted by Crippen LogP contribution is 2.36. The average Bonchev–Trinajstić information content (AvgIpc) is 2.30. The van der Waals surface area contributed by atoms with Crippen LogP contribution in [0, 0.1) is 5.41 Å². The third kappa shape index (κ3) is 4.74. The average molecular weight is 303 g/mol. The standard InChI is InChI=1S/C14H25NO4S/c1-14(2)5-3-12(4-6-14)19-13(16)9-11-10-20(17,18)8-7-15-11/h11-12,15H,3-10H2,1-2H3. The molecular formula is C14H25NO4S. The summed E-state index contributed by atoms with van der Waals surface area (Å²) in [6, 6.07) is -0.290. The predicted molar refractivity (Wildman–Crippen MR) is 77.2 cm³/mol. The molecule has 1 N–H and O–H groups in total. The van der Waals surface area contributed by atoms with Gasteiger partial charge in [0.1, 0.15) is 6.10 Å². The minimum absolute atomic E-state index is 0.00993. The largest absolute Gasteiger partial charge is 0.462 e. The lowest BCUT2D eigenvalue weighted by atomic mass is 9.76. The van der Waals surface area contributed by atoms with Gasteiger partial charge in [-0.3, -0.25) is 4.79 Å². The Labute approximate surface area is 121 Å². The zero-order chi connectivity index (χ0) is 14.8. The minimum Gasteiger partial charge on any atom is -0.462 e. The summed E-state index contributed by atoms with van der Waals surface area (Å²) in [5.41, 5.74) is 0.349. The van der Waals surface area contributed by atoms with Gasteiger partial charge in [-0.05, 0) is 31.1 Å². The molecule has 1 heterocycles. The Kier molecular flexibility index (Phi) is 4.74. The van der Waals surface area contributed by atoms with Crippen LogP contribution in [0.25, 0.3) is 0 Å². The van der Waals surface area contributed by atoms with Crippen LogP contribution in [0.2, 0.25) is 0 Å². The van der Waals surface area contributed by atoms with Gasteiger partial charge in [0, 0.05) is 12.6 Å². The van der Waals surface area contributed by atoms with Crippen LogP contribution in [0.5, 0.6) is 0 Å². The van der Waals surface area contributed by atoms with Gasteiger partial charge in [0.25, 0.3) is 0 Å². The summed E-state index contributed by atoms with van der Waals surface area (Å²) in [6.07, 6.45) is 4.13. The van der Waals surface area contributed by atoms with Gasteiger partial charge >= 0.3 is 5.97 Å². The van der Waals surface area contributed by atoms with Crippen molar-refractivity contribution in [2.75, 3.05) is 18.1 Å². The summed E-state index contributed by atoms with van der Waals surface area (Å²) < 4.78 is 28.5. The second-order valence-electron chi connectivity index (χ2n) is 6.82. The van der Waals surface area contributed by atoms with E-state index in [9.17, 15) is 13.2 Å². The predicted octanol–water partition coefficient (Wildman–Crippen LogP) is 1.28. The van der Waals surface area contributed by atoms with Gasteiger partial charge in [-0.1, -0.05) is 13.8 Å². The lowest BCUT2D eigenvalue weighted by Crippen LogP contribution is -2.46. The molecule has 1 aliphatic carbocycles. The van der Waals surface area contributed by atoms with Gasteiger partial charge in [-0.15, -0.1) is 0 Å². The van der Waals surface area contributed by atoms with Crippen molar-refractivity contribution in [2.45, 2.75) is 58.1 Å². The van der Waals surface area contributed by atoms with Crippen molar-refractivity contribution in [3.8, 4) is 0 Å². The molecule has 0 aromatic carbocycles. The first-order chi connectivity index (χ1) is 9.26. The Bertz CT molecular complexity index is 448. The molecule has 2 rings (SSSR count). The van der Waals surface area contributed by atoms with E-state index >= 15 is 0 Å². The van der Waals surface area contributed by atoms with E-state index in [4.69, 9.17) is 4.74 Å². The molecule has 0 spiro atoms. The normalized spacial score (nSPS) is 29.8. The third-order valence-electron chi connectivity index (χ3n) is 4.30. The van der Waals surface area contributed by atoms with Crippen LogP contribution >= 0.6 is 0 Å². The van der Waals surface area contributed by atoms with Crippen LogP contribution < -0.4 is 5.32 Å². The molecule has 1 aliphatic heterocycles. The number of sulfone groups is 1. The number of esters is 1. The van der Waals surface area contributed by atoms with Gasteiger partial charge in [0.15, 0.2) is 9.84 Å². The summed E-state index contributed by atoms with van der Waals surface area (Å²) in [5, 5.41) is 3.08. The molecule has 0 bridgehead atoms. The first-order valence-corrected chi connectivity index (χ1v) is 9.21. The smallest absolute Gasteiger partial charge is 0.307 e. The number of rotatable bonds is 3. The summed E-state index contributed by atoms with van der Waals surface area (Å²) in [4.78, 5) is 11.9. The van der Waals surface area contributed by atoms with Crippen molar-refractivity contribution in [2.24, 2.45) is 5.41 Å². The molecule has 5 nitrogen and oxygen atoms in total. The molecule has 0 amide bonds. The monoisotopic (exact) mass is 303 g/mol. The highest BCUT2D eigenvalue weighted by Gasteiger charge is 2.30.